The zero-order chi connectivity index (χ0) is 24.4. The molecule has 2 amide bonds. The van der Waals surface area contributed by atoms with Crippen molar-refractivity contribution in [2.75, 3.05) is 4.90 Å². The average molecular weight is 580 g/mol. The number of hydrogen-bond acceptors (Lipinski definition) is 4. The second-order valence-corrected chi connectivity index (χ2v) is 9.26. The number of amides is 2. The van der Waals surface area contributed by atoms with Crippen molar-refractivity contribution in [3.63, 3.8) is 0 Å². The van der Waals surface area contributed by atoms with E-state index in [4.69, 9.17) is 40.2 Å². The molecule has 1 saturated heterocycles. The molecule has 0 radical (unpaired) electrons. The molecule has 1 aliphatic heterocycles. The molecule has 0 saturated carbocycles. The number of halogens is 4. The summed E-state index contributed by atoms with van der Waals surface area (Å²) in [7, 11) is 0. The van der Waals surface area contributed by atoms with E-state index in [1.165, 1.54) is 24.3 Å². The molecule has 0 aliphatic carbocycles. The fourth-order valence-electron chi connectivity index (χ4n) is 3.22. The first kappa shape index (κ1) is 24.3. The Bertz CT molecular complexity index is 1370. The van der Waals surface area contributed by atoms with Gasteiger partial charge < -0.3 is 4.74 Å². The summed E-state index contributed by atoms with van der Waals surface area (Å²) in [5, 5.41) is 3.18. The van der Waals surface area contributed by atoms with Crippen molar-refractivity contribution in [3.8, 4) is 5.75 Å². The molecule has 0 bridgehead atoms. The number of para-hydroxylation sites is 1. The number of rotatable bonds is 5. The number of carbonyl (C=O) groups is 2. The van der Waals surface area contributed by atoms with Crippen molar-refractivity contribution in [1.29, 1.82) is 0 Å². The summed E-state index contributed by atoms with van der Waals surface area (Å²) in [6.45, 7) is 0.124. The molecule has 3 aromatic rings. The van der Waals surface area contributed by atoms with Crippen LogP contribution in [0.15, 0.2) is 70.7 Å². The normalized spacial score (nSPS) is 15.0. The number of hydrogen-bond donors (Lipinski definition) is 1. The molecular formula is C24H14BrCl2FN2O3S. The van der Waals surface area contributed by atoms with Gasteiger partial charge in [-0.1, -0.05) is 57.3 Å². The first-order valence-electron chi connectivity index (χ1n) is 9.77. The lowest BCUT2D eigenvalue weighted by molar-refractivity contribution is -0.122. The highest BCUT2D eigenvalue weighted by Crippen LogP contribution is 2.30. The summed E-state index contributed by atoms with van der Waals surface area (Å²) in [5.74, 6) is -1.72. The van der Waals surface area contributed by atoms with E-state index in [2.05, 4.69) is 21.2 Å². The van der Waals surface area contributed by atoms with Crippen LogP contribution in [0.4, 0.5) is 10.1 Å². The van der Waals surface area contributed by atoms with Crippen molar-refractivity contribution in [2.45, 2.75) is 6.61 Å². The van der Waals surface area contributed by atoms with Crippen molar-refractivity contribution < 1.29 is 18.7 Å². The molecule has 172 valence electrons. The predicted octanol–water partition coefficient (Wildman–Crippen LogP) is 6.31. The van der Waals surface area contributed by atoms with E-state index < -0.39 is 17.6 Å². The Morgan fingerprint density at radius 3 is 2.59 bits per heavy atom. The molecule has 10 heteroatoms. The molecule has 0 atom stereocenters. The maximum atomic E-state index is 14.4. The lowest BCUT2D eigenvalue weighted by Crippen LogP contribution is -2.54. The maximum Gasteiger partial charge on any atom is 0.270 e. The van der Waals surface area contributed by atoms with Crippen LogP contribution in [-0.2, 0) is 16.2 Å². The molecule has 1 fully saturated rings. The summed E-state index contributed by atoms with van der Waals surface area (Å²) in [5.41, 5.74) is 0.852. The standard InChI is InChI=1S/C24H14BrCl2FN2O3S/c25-15-6-8-21(33-12-13-5-7-16(26)11-18(13)27)14(9-15)10-17-22(31)29-24(34)30(23(17)32)20-4-2-1-3-19(20)28/h1-11H,12H2,(H,29,31,34)/b17-10+. The van der Waals surface area contributed by atoms with Gasteiger partial charge in [-0.15, -0.1) is 0 Å². The van der Waals surface area contributed by atoms with Gasteiger partial charge in [0.25, 0.3) is 11.8 Å². The molecule has 0 aromatic heterocycles. The van der Waals surface area contributed by atoms with Crippen LogP contribution in [0, 0.1) is 5.82 Å². The Morgan fingerprint density at radius 1 is 1.09 bits per heavy atom. The summed E-state index contributed by atoms with van der Waals surface area (Å²) in [4.78, 5) is 26.8. The molecule has 1 aliphatic rings. The zero-order valence-corrected chi connectivity index (χ0v) is 21.1. The third kappa shape index (κ3) is 5.15. The van der Waals surface area contributed by atoms with E-state index in [1.807, 2.05) is 0 Å². The predicted molar refractivity (Wildman–Crippen MR) is 138 cm³/mol. The Morgan fingerprint density at radius 2 is 1.85 bits per heavy atom. The quantitative estimate of drug-likeness (QED) is 0.219. The van der Waals surface area contributed by atoms with Gasteiger partial charge in [-0.3, -0.25) is 14.9 Å². The third-order valence-electron chi connectivity index (χ3n) is 4.86. The van der Waals surface area contributed by atoms with E-state index in [0.29, 0.717) is 31.4 Å². The van der Waals surface area contributed by atoms with E-state index in [0.717, 1.165) is 4.90 Å². The molecule has 0 unspecified atom stereocenters. The van der Waals surface area contributed by atoms with E-state index in [-0.39, 0.29) is 23.0 Å². The fourth-order valence-corrected chi connectivity index (χ4v) is 4.34. The molecule has 0 spiro atoms. The van der Waals surface area contributed by atoms with Gasteiger partial charge in [0.05, 0.1) is 5.69 Å². The number of carbonyl (C=O) groups excluding carboxylic acids is 2. The Hall–Kier alpha value is -2.78. The van der Waals surface area contributed by atoms with Crippen LogP contribution in [0.25, 0.3) is 6.08 Å². The van der Waals surface area contributed by atoms with Gasteiger partial charge in [-0.25, -0.2) is 9.29 Å². The third-order valence-corrected chi connectivity index (χ3v) is 6.23. The number of anilines is 1. The van der Waals surface area contributed by atoms with Crippen LogP contribution < -0.4 is 15.0 Å². The topological polar surface area (TPSA) is 58.6 Å². The second-order valence-electron chi connectivity index (χ2n) is 7.12. The lowest BCUT2D eigenvalue weighted by atomic mass is 10.1. The van der Waals surface area contributed by atoms with Gasteiger partial charge in [-0.2, -0.15) is 0 Å². The van der Waals surface area contributed by atoms with Crippen molar-refractivity contribution in [1.82, 2.24) is 5.32 Å². The number of benzene rings is 3. The Balaban J connectivity index is 1.69. The minimum absolute atomic E-state index is 0.0634. The number of ether oxygens (including phenoxy) is 1. The summed E-state index contributed by atoms with van der Waals surface area (Å²) < 4.78 is 21.0. The van der Waals surface area contributed by atoms with Crippen molar-refractivity contribution in [2.24, 2.45) is 0 Å². The van der Waals surface area contributed by atoms with E-state index in [9.17, 15) is 14.0 Å². The van der Waals surface area contributed by atoms with Gasteiger partial charge in [0.15, 0.2) is 5.11 Å². The Labute approximate surface area is 218 Å². The second kappa shape index (κ2) is 10.2. The van der Waals surface area contributed by atoms with Crippen LogP contribution in [-0.4, -0.2) is 16.9 Å². The molecular weight excluding hydrogens is 566 g/mol. The van der Waals surface area contributed by atoms with Crippen molar-refractivity contribution >= 4 is 80.0 Å². The SMILES string of the molecule is O=C1NC(=S)N(c2ccccc2F)C(=O)/C1=C/c1cc(Br)ccc1OCc1ccc(Cl)cc1Cl. The molecule has 1 N–H and O–H groups in total. The minimum atomic E-state index is -0.759. The zero-order valence-electron chi connectivity index (χ0n) is 17.2. The van der Waals surface area contributed by atoms with Gasteiger partial charge >= 0.3 is 0 Å². The highest BCUT2D eigenvalue weighted by atomic mass is 79.9. The van der Waals surface area contributed by atoms with Crippen LogP contribution in [0.1, 0.15) is 11.1 Å². The molecule has 5 nitrogen and oxygen atoms in total. The maximum absolute atomic E-state index is 14.4. The van der Waals surface area contributed by atoms with Gasteiger partial charge in [0.1, 0.15) is 23.7 Å². The summed E-state index contributed by atoms with van der Waals surface area (Å²) in [6.07, 6.45) is 1.37. The van der Waals surface area contributed by atoms with Gasteiger partial charge in [-0.05, 0) is 60.8 Å². The fraction of sp³-hybridized carbons (Fsp3) is 0.0417. The van der Waals surface area contributed by atoms with Crippen LogP contribution in [0.2, 0.25) is 10.0 Å². The van der Waals surface area contributed by atoms with Crippen LogP contribution >= 0.6 is 51.3 Å². The number of nitrogens with zero attached hydrogens (tertiary/aromatic N) is 1. The minimum Gasteiger partial charge on any atom is -0.488 e. The van der Waals surface area contributed by atoms with E-state index >= 15 is 0 Å². The Kier molecular flexibility index (Phi) is 7.33. The molecule has 4 rings (SSSR count). The molecule has 34 heavy (non-hydrogen) atoms. The smallest absolute Gasteiger partial charge is 0.270 e. The highest BCUT2D eigenvalue weighted by molar-refractivity contribution is 9.10. The van der Waals surface area contributed by atoms with Gasteiger partial charge in [0, 0.05) is 25.6 Å². The van der Waals surface area contributed by atoms with Crippen LogP contribution in [0.5, 0.6) is 5.75 Å². The average Bonchev–Trinajstić information content (AvgIpc) is 2.78. The summed E-state index contributed by atoms with van der Waals surface area (Å²) >= 11 is 20.7. The molecule has 3 aromatic carbocycles. The lowest BCUT2D eigenvalue weighted by Gasteiger charge is -2.29. The van der Waals surface area contributed by atoms with Crippen molar-refractivity contribution in [3.05, 3.63) is 97.7 Å². The van der Waals surface area contributed by atoms with Crippen LogP contribution in [0.3, 0.4) is 0 Å². The first-order valence-corrected chi connectivity index (χ1v) is 11.7. The monoisotopic (exact) mass is 578 g/mol. The highest BCUT2D eigenvalue weighted by Gasteiger charge is 2.35. The first-order chi connectivity index (χ1) is 16.2. The number of thiocarbonyl (C=S) groups is 1. The van der Waals surface area contributed by atoms with Gasteiger partial charge in [0.2, 0.25) is 0 Å². The molecule has 1 heterocycles. The largest absolute Gasteiger partial charge is 0.488 e. The number of nitrogens with one attached hydrogen (secondary N) is 1. The van der Waals surface area contributed by atoms with E-state index in [1.54, 1.807) is 42.5 Å². The summed E-state index contributed by atoms with van der Waals surface area (Å²) in [6, 6.07) is 15.8.